The third-order valence-corrected chi connectivity index (χ3v) is 2.85. The van der Waals surface area contributed by atoms with E-state index in [0.29, 0.717) is 6.61 Å². The highest BCUT2D eigenvalue weighted by atomic mass is 32.1. The van der Waals surface area contributed by atoms with E-state index in [1.165, 1.54) is 9.65 Å². The van der Waals surface area contributed by atoms with E-state index in [-0.39, 0.29) is 13.2 Å². The lowest BCUT2D eigenvalue weighted by Gasteiger charge is -2.00. The van der Waals surface area contributed by atoms with Crippen molar-refractivity contribution in [2.75, 3.05) is 6.61 Å². The minimum absolute atomic E-state index is 0.112. The predicted molar refractivity (Wildman–Crippen MR) is 50.9 cm³/mol. The summed E-state index contributed by atoms with van der Waals surface area (Å²) >= 11 is 1.74. The summed E-state index contributed by atoms with van der Waals surface area (Å²) in [5.41, 5.74) is 0. The maximum Gasteiger partial charge on any atom is 0.504 e. The van der Waals surface area contributed by atoms with Gasteiger partial charge in [-0.3, -0.25) is 0 Å². The van der Waals surface area contributed by atoms with E-state index in [1.54, 1.807) is 11.3 Å². The van der Waals surface area contributed by atoms with Gasteiger partial charge in [0.25, 0.3) is 0 Å². The fourth-order valence-electron chi connectivity index (χ4n) is 1.24. The Morgan fingerprint density at radius 3 is 2.92 bits per heavy atom. The standard InChI is InChI=1S/C8H11BO2S/c1-6-5-10-9(11-6)8-4-3-7(2)12-8/h3-4,6H,5H2,1-2H3. The highest BCUT2D eigenvalue weighted by molar-refractivity contribution is 7.22. The summed E-state index contributed by atoms with van der Waals surface area (Å²) < 4.78 is 12.2. The molecular weight excluding hydrogens is 171 g/mol. The molecule has 1 aromatic rings. The van der Waals surface area contributed by atoms with Crippen LogP contribution < -0.4 is 4.78 Å². The molecule has 1 atom stereocenters. The van der Waals surface area contributed by atoms with E-state index in [4.69, 9.17) is 9.31 Å². The Labute approximate surface area is 76.6 Å². The molecule has 0 radical (unpaired) electrons. The summed E-state index contributed by atoms with van der Waals surface area (Å²) in [7, 11) is -0.112. The second kappa shape index (κ2) is 3.20. The van der Waals surface area contributed by atoms with Crippen molar-refractivity contribution in [3.63, 3.8) is 0 Å². The van der Waals surface area contributed by atoms with Gasteiger partial charge in [-0.05, 0) is 19.9 Å². The molecule has 2 nitrogen and oxygen atoms in total. The van der Waals surface area contributed by atoms with Gasteiger partial charge in [0.15, 0.2) is 0 Å². The van der Waals surface area contributed by atoms with E-state index < -0.39 is 0 Å². The molecule has 1 saturated heterocycles. The van der Waals surface area contributed by atoms with Crippen molar-refractivity contribution in [1.29, 1.82) is 0 Å². The van der Waals surface area contributed by atoms with Crippen LogP contribution in [0.3, 0.4) is 0 Å². The number of hydrogen-bond donors (Lipinski definition) is 0. The van der Waals surface area contributed by atoms with Crippen molar-refractivity contribution in [3.8, 4) is 0 Å². The van der Waals surface area contributed by atoms with Crippen LogP contribution in [0.4, 0.5) is 0 Å². The maximum absolute atomic E-state index is 5.55. The van der Waals surface area contributed by atoms with Gasteiger partial charge in [0.2, 0.25) is 0 Å². The third-order valence-electron chi connectivity index (χ3n) is 1.83. The molecule has 1 fully saturated rings. The zero-order valence-electron chi connectivity index (χ0n) is 7.24. The molecule has 2 heterocycles. The zero-order valence-corrected chi connectivity index (χ0v) is 8.06. The van der Waals surface area contributed by atoms with E-state index >= 15 is 0 Å². The molecule has 4 heteroatoms. The molecule has 1 aromatic heterocycles. The monoisotopic (exact) mass is 182 g/mol. The molecule has 0 amide bonds. The summed E-state index contributed by atoms with van der Waals surface area (Å²) in [6.07, 6.45) is 0.234. The maximum atomic E-state index is 5.55. The van der Waals surface area contributed by atoms with E-state index in [0.717, 1.165) is 0 Å². The smallest absolute Gasteiger partial charge is 0.404 e. The van der Waals surface area contributed by atoms with E-state index in [9.17, 15) is 0 Å². The first-order valence-corrected chi connectivity index (χ1v) is 4.91. The lowest BCUT2D eigenvalue weighted by Crippen LogP contribution is -2.29. The van der Waals surface area contributed by atoms with Gasteiger partial charge in [0.05, 0.1) is 12.7 Å². The second-order valence-corrected chi connectivity index (χ2v) is 4.38. The molecule has 1 aliphatic heterocycles. The van der Waals surface area contributed by atoms with Gasteiger partial charge < -0.3 is 9.31 Å². The zero-order chi connectivity index (χ0) is 8.55. The van der Waals surface area contributed by atoms with Gasteiger partial charge in [-0.25, -0.2) is 0 Å². The summed E-state index contributed by atoms with van der Waals surface area (Å²) in [6, 6.07) is 4.17. The van der Waals surface area contributed by atoms with Crippen LogP contribution in [0.15, 0.2) is 12.1 Å². The first-order valence-electron chi connectivity index (χ1n) is 4.09. The van der Waals surface area contributed by atoms with Crippen LogP contribution in [-0.2, 0) is 9.31 Å². The number of aryl methyl sites for hydroxylation is 1. The molecule has 1 unspecified atom stereocenters. The van der Waals surface area contributed by atoms with Crippen molar-refractivity contribution >= 4 is 23.2 Å². The second-order valence-electron chi connectivity index (χ2n) is 3.06. The highest BCUT2D eigenvalue weighted by Crippen LogP contribution is 2.12. The van der Waals surface area contributed by atoms with Crippen LogP contribution in [0.25, 0.3) is 0 Å². The Morgan fingerprint density at radius 1 is 1.58 bits per heavy atom. The Kier molecular flexibility index (Phi) is 2.21. The molecule has 1 aliphatic rings. The summed E-state index contributed by atoms with van der Waals surface area (Å²) in [4.78, 5) is 1.30. The summed E-state index contributed by atoms with van der Waals surface area (Å²) in [5.74, 6) is 0. The van der Waals surface area contributed by atoms with Crippen LogP contribution in [-0.4, -0.2) is 19.8 Å². The highest BCUT2D eigenvalue weighted by Gasteiger charge is 2.31. The van der Waals surface area contributed by atoms with Gasteiger partial charge in [0, 0.05) is 9.65 Å². The Balaban J connectivity index is 2.11. The molecule has 64 valence electrons. The molecule has 12 heavy (non-hydrogen) atoms. The number of thiophene rings is 1. The van der Waals surface area contributed by atoms with E-state index in [2.05, 4.69) is 19.1 Å². The fourth-order valence-corrected chi connectivity index (χ4v) is 2.11. The average molecular weight is 182 g/mol. The largest absolute Gasteiger partial charge is 0.504 e. The van der Waals surface area contributed by atoms with Crippen LogP contribution in [0.1, 0.15) is 11.8 Å². The Bertz CT molecular complexity index is 274. The quantitative estimate of drug-likeness (QED) is 0.607. The van der Waals surface area contributed by atoms with Gasteiger partial charge >= 0.3 is 7.12 Å². The van der Waals surface area contributed by atoms with Crippen molar-refractivity contribution in [2.45, 2.75) is 20.0 Å². The lowest BCUT2D eigenvalue weighted by molar-refractivity contribution is 0.258. The van der Waals surface area contributed by atoms with Gasteiger partial charge in [-0.1, -0.05) is 6.07 Å². The molecule has 0 N–H and O–H groups in total. The molecule has 0 aromatic carbocycles. The minimum Gasteiger partial charge on any atom is -0.404 e. The molecule has 0 spiro atoms. The summed E-state index contributed by atoms with van der Waals surface area (Å²) in [5, 5.41) is 0. The average Bonchev–Trinajstić information content (AvgIpc) is 2.58. The predicted octanol–water partition coefficient (Wildman–Crippen LogP) is 1.19. The molecule has 0 saturated carbocycles. The van der Waals surface area contributed by atoms with Crippen molar-refractivity contribution in [1.82, 2.24) is 0 Å². The van der Waals surface area contributed by atoms with Gasteiger partial charge in [-0.15, -0.1) is 11.3 Å². The van der Waals surface area contributed by atoms with Crippen molar-refractivity contribution in [3.05, 3.63) is 17.0 Å². The molecule has 0 bridgehead atoms. The van der Waals surface area contributed by atoms with Crippen LogP contribution in [0, 0.1) is 6.92 Å². The number of rotatable bonds is 1. The SMILES string of the molecule is Cc1ccc(B2OCC(C)O2)s1. The first kappa shape index (κ1) is 8.29. The Morgan fingerprint density at radius 2 is 2.42 bits per heavy atom. The molecular formula is C8H11BO2S. The van der Waals surface area contributed by atoms with Crippen LogP contribution in [0.5, 0.6) is 0 Å². The molecule has 0 aliphatic carbocycles. The third kappa shape index (κ3) is 1.55. The van der Waals surface area contributed by atoms with Crippen molar-refractivity contribution in [2.24, 2.45) is 0 Å². The summed E-state index contributed by atoms with van der Waals surface area (Å²) in [6.45, 7) is 4.83. The van der Waals surface area contributed by atoms with Gasteiger partial charge in [-0.2, -0.15) is 0 Å². The fraction of sp³-hybridized carbons (Fsp3) is 0.500. The minimum atomic E-state index is -0.112. The van der Waals surface area contributed by atoms with Crippen LogP contribution >= 0.6 is 11.3 Å². The van der Waals surface area contributed by atoms with Crippen LogP contribution in [0.2, 0.25) is 0 Å². The first-order chi connectivity index (χ1) is 5.75. The normalized spacial score (nSPS) is 23.5. The van der Waals surface area contributed by atoms with Crippen molar-refractivity contribution < 1.29 is 9.31 Å². The number of hydrogen-bond acceptors (Lipinski definition) is 3. The lowest BCUT2D eigenvalue weighted by atomic mass is 9.88. The van der Waals surface area contributed by atoms with E-state index in [1.807, 2.05) is 6.92 Å². The topological polar surface area (TPSA) is 18.5 Å². The van der Waals surface area contributed by atoms with Gasteiger partial charge in [0.1, 0.15) is 0 Å². The molecule has 2 rings (SSSR count). The Hall–Kier alpha value is -0.315.